The lowest BCUT2D eigenvalue weighted by Gasteiger charge is -2.23. The van der Waals surface area contributed by atoms with Crippen LogP contribution < -0.4 is 5.32 Å². The van der Waals surface area contributed by atoms with Gasteiger partial charge in [0, 0.05) is 17.0 Å². The van der Waals surface area contributed by atoms with Gasteiger partial charge in [-0.25, -0.2) is 0 Å². The Hall–Kier alpha value is -1.12. The molecule has 2 heteroatoms. The van der Waals surface area contributed by atoms with Crippen LogP contribution in [0.4, 0.5) is 0 Å². The zero-order chi connectivity index (χ0) is 13.2. The van der Waals surface area contributed by atoms with Crippen molar-refractivity contribution in [2.24, 2.45) is 5.92 Å². The highest BCUT2D eigenvalue weighted by atomic mass is 32.1. The molecule has 1 saturated carbocycles. The summed E-state index contributed by atoms with van der Waals surface area (Å²) in [4.78, 5) is 1.47. The topological polar surface area (TPSA) is 12.0 Å². The average Bonchev–Trinajstić information content (AvgIpc) is 3.18. The number of aryl methyl sites for hydroxylation is 1. The molecule has 0 spiro atoms. The summed E-state index contributed by atoms with van der Waals surface area (Å²) in [7, 11) is 0. The third-order valence-corrected chi connectivity index (χ3v) is 5.18. The summed E-state index contributed by atoms with van der Waals surface area (Å²) in [5.74, 6) is 0.824. The molecule has 2 unspecified atom stereocenters. The van der Waals surface area contributed by atoms with E-state index >= 15 is 0 Å². The van der Waals surface area contributed by atoms with E-state index < -0.39 is 0 Å². The second-order valence-corrected chi connectivity index (χ2v) is 6.53. The van der Waals surface area contributed by atoms with E-state index in [-0.39, 0.29) is 0 Å². The van der Waals surface area contributed by atoms with E-state index in [1.54, 1.807) is 0 Å². The average molecular weight is 271 g/mol. The van der Waals surface area contributed by atoms with Gasteiger partial charge in [0.2, 0.25) is 0 Å². The molecular formula is C17H21NS. The van der Waals surface area contributed by atoms with Crippen LogP contribution in [0.3, 0.4) is 0 Å². The number of nitrogens with one attached hydrogen (secondary N) is 1. The van der Waals surface area contributed by atoms with Crippen molar-refractivity contribution in [3.63, 3.8) is 0 Å². The number of hydrogen-bond donors (Lipinski definition) is 1. The molecule has 0 bridgehead atoms. The maximum Gasteiger partial charge on any atom is 0.0393 e. The third-order valence-electron chi connectivity index (χ3n) is 3.98. The first-order valence-corrected chi connectivity index (χ1v) is 7.98. The van der Waals surface area contributed by atoms with Gasteiger partial charge in [0.15, 0.2) is 0 Å². The van der Waals surface area contributed by atoms with Gasteiger partial charge in [0.1, 0.15) is 0 Å². The van der Waals surface area contributed by atoms with E-state index in [1.165, 1.54) is 28.8 Å². The van der Waals surface area contributed by atoms with Gasteiger partial charge >= 0.3 is 0 Å². The lowest BCUT2D eigenvalue weighted by molar-refractivity contribution is 0.430. The van der Waals surface area contributed by atoms with E-state index in [1.807, 2.05) is 11.3 Å². The lowest BCUT2D eigenvalue weighted by Crippen LogP contribution is -2.26. The predicted octanol–water partition coefficient (Wildman–Crippen LogP) is 4.86. The van der Waals surface area contributed by atoms with Crippen LogP contribution in [0.2, 0.25) is 0 Å². The first kappa shape index (κ1) is 12.9. The zero-order valence-electron chi connectivity index (χ0n) is 11.6. The van der Waals surface area contributed by atoms with Crippen LogP contribution in [-0.2, 0) is 0 Å². The first-order valence-electron chi connectivity index (χ1n) is 7.10. The lowest BCUT2D eigenvalue weighted by atomic mass is 10.0. The Morgan fingerprint density at radius 2 is 1.89 bits per heavy atom. The van der Waals surface area contributed by atoms with Gasteiger partial charge in [-0.2, -0.15) is 0 Å². The molecule has 1 N–H and O–H groups in total. The molecule has 0 saturated heterocycles. The quantitative estimate of drug-likeness (QED) is 0.819. The monoisotopic (exact) mass is 271 g/mol. The number of thiophene rings is 1. The van der Waals surface area contributed by atoms with E-state index in [4.69, 9.17) is 0 Å². The van der Waals surface area contributed by atoms with Gasteiger partial charge in [-0.05, 0) is 55.2 Å². The summed E-state index contributed by atoms with van der Waals surface area (Å²) in [6.07, 6.45) is 2.73. The fraction of sp³-hybridized carbons (Fsp3) is 0.412. The molecule has 1 fully saturated rings. The summed E-state index contributed by atoms with van der Waals surface area (Å²) < 4.78 is 0. The van der Waals surface area contributed by atoms with E-state index in [9.17, 15) is 0 Å². The zero-order valence-corrected chi connectivity index (χ0v) is 12.4. The highest BCUT2D eigenvalue weighted by Crippen LogP contribution is 2.42. The summed E-state index contributed by atoms with van der Waals surface area (Å²) in [5.41, 5.74) is 2.85. The smallest absolute Gasteiger partial charge is 0.0393 e. The highest BCUT2D eigenvalue weighted by molar-refractivity contribution is 7.10. The second kappa shape index (κ2) is 5.48. The molecule has 0 aliphatic heterocycles. The summed E-state index contributed by atoms with van der Waals surface area (Å²) in [6.45, 7) is 4.50. The van der Waals surface area contributed by atoms with Crippen LogP contribution in [0.1, 0.15) is 47.9 Å². The summed E-state index contributed by atoms with van der Waals surface area (Å²) in [6, 6.07) is 14.1. The Morgan fingerprint density at radius 1 is 1.16 bits per heavy atom. The fourth-order valence-corrected chi connectivity index (χ4v) is 3.71. The Kier molecular flexibility index (Phi) is 3.72. The fourth-order valence-electron chi connectivity index (χ4n) is 2.77. The van der Waals surface area contributed by atoms with Crippen LogP contribution in [0.15, 0.2) is 41.8 Å². The summed E-state index contributed by atoms with van der Waals surface area (Å²) >= 11 is 1.86. The van der Waals surface area contributed by atoms with Gasteiger partial charge in [-0.1, -0.05) is 30.3 Å². The molecule has 1 aliphatic carbocycles. The van der Waals surface area contributed by atoms with Crippen LogP contribution in [-0.4, -0.2) is 0 Å². The van der Waals surface area contributed by atoms with E-state index in [2.05, 4.69) is 60.9 Å². The van der Waals surface area contributed by atoms with Gasteiger partial charge in [0.25, 0.3) is 0 Å². The second-order valence-electron chi connectivity index (χ2n) is 5.58. The van der Waals surface area contributed by atoms with Gasteiger partial charge in [0.05, 0.1) is 0 Å². The van der Waals surface area contributed by atoms with Crippen molar-refractivity contribution in [3.05, 3.63) is 57.8 Å². The molecule has 1 heterocycles. The molecule has 3 rings (SSSR count). The molecule has 100 valence electrons. The van der Waals surface area contributed by atoms with E-state index in [0.717, 1.165) is 5.92 Å². The van der Waals surface area contributed by atoms with Gasteiger partial charge in [-0.15, -0.1) is 11.3 Å². The van der Waals surface area contributed by atoms with Crippen LogP contribution in [0.25, 0.3) is 0 Å². The molecule has 2 aromatic rings. The Balaban J connectivity index is 1.77. The van der Waals surface area contributed by atoms with Crippen molar-refractivity contribution < 1.29 is 0 Å². The van der Waals surface area contributed by atoms with Gasteiger partial charge in [-0.3, -0.25) is 0 Å². The van der Waals surface area contributed by atoms with Crippen molar-refractivity contribution >= 4 is 11.3 Å². The third kappa shape index (κ3) is 2.90. The van der Waals surface area contributed by atoms with Crippen LogP contribution >= 0.6 is 11.3 Å². The maximum atomic E-state index is 3.85. The SMILES string of the molecule is Cc1ccsc1C(C)NC(c1ccccc1)C1CC1. The molecule has 1 aliphatic rings. The Morgan fingerprint density at radius 3 is 2.47 bits per heavy atom. The predicted molar refractivity (Wildman–Crippen MR) is 82.5 cm³/mol. The van der Waals surface area contributed by atoms with Crippen LogP contribution in [0.5, 0.6) is 0 Å². The van der Waals surface area contributed by atoms with Gasteiger partial charge < -0.3 is 5.32 Å². The van der Waals surface area contributed by atoms with Crippen molar-refractivity contribution in [2.75, 3.05) is 0 Å². The molecule has 1 nitrogen and oxygen atoms in total. The normalized spacial score (nSPS) is 18.2. The summed E-state index contributed by atoms with van der Waals surface area (Å²) in [5, 5.41) is 6.04. The molecule has 19 heavy (non-hydrogen) atoms. The molecule has 1 aromatic heterocycles. The minimum Gasteiger partial charge on any atom is -0.302 e. The maximum absolute atomic E-state index is 3.85. The Bertz CT molecular complexity index is 527. The number of hydrogen-bond acceptors (Lipinski definition) is 2. The molecular weight excluding hydrogens is 250 g/mol. The molecule has 2 atom stereocenters. The van der Waals surface area contributed by atoms with E-state index in [0.29, 0.717) is 12.1 Å². The van der Waals surface area contributed by atoms with Crippen LogP contribution in [0, 0.1) is 12.8 Å². The largest absolute Gasteiger partial charge is 0.302 e. The Labute approximate surface area is 119 Å². The minimum absolute atomic E-state index is 0.436. The number of benzene rings is 1. The minimum atomic E-state index is 0.436. The number of rotatable bonds is 5. The highest BCUT2D eigenvalue weighted by Gasteiger charge is 2.33. The molecule has 0 radical (unpaired) electrons. The van der Waals surface area contributed by atoms with Crippen molar-refractivity contribution in [3.8, 4) is 0 Å². The molecule has 0 amide bonds. The van der Waals surface area contributed by atoms with Crippen molar-refractivity contribution in [1.82, 2.24) is 5.32 Å². The van der Waals surface area contributed by atoms with Crippen molar-refractivity contribution in [1.29, 1.82) is 0 Å². The van der Waals surface area contributed by atoms with Crippen molar-refractivity contribution in [2.45, 2.75) is 38.8 Å². The standard InChI is InChI=1S/C17H21NS/c1-12-10-11-19-17(12)13(2)18-16(15-8-9-15)14-6-4-3-5-7-14/h3-7,10-11,13,15-16,18H,8-9H2,1-2H3. The first-order chi connectivity index (χ1) is 9.25. The molecule has 1 aromatic carbocycles.